The average molecular weight is 168 g/mol. The fourth-order valence-corrected chi connectivity index (χ4v) is 2.30. The fourth-order valence-electron chi connectivity index (χ4n) is 2.30. The average Bonchev–Trinajstić information content (AvgIpc) is 2.07. The van der Waals surface area contributed by atoms with Crippen LogP contribution in [-0.2, 0) is 12.8 Å². The molecular weight excluding hydrogens is 156 g/mol. The number of hydrogen-bond acceptors (Lipinski definition) is 0. The van der Waals surface area contributed by atoms with Gasteiger partial charge >= 0.3 is 0 Å². The van der Waals surface area contributed by atoms with E-state index < -0.39 is 0 Å². The Balaban J connectivity index is 2.52. The van der Waals surface area contributed by atoms with E-state index in [0.29, 0.717) is 0 Å². The van der Waals surface area contributed by atoms with E-state index in [4.69, 9.17) is 0 Å². The Hall–Kier alpha value is -1.30. The maximum atomic E-state index is 2.28. The molecule has 0 bridgehead atoms. The molecule has 2 aromatic rings. The van der Waals surface area contributed by atoms with Gasteiger partial charge in [0.2, 0.25) is 0 Å². The summed E-state index contributed by atoms with van der Waals surface area (Å²) in [5.41, 5.74) is 4.58. The zero-order valence-electron chi connectivity index (χ0n) is 7.80. The minimum Gasteiger partial charge on any atom is -0.0614 e. The first kappa shape index (κ1) is 7.14. The lowest BCUT2D eigenvalue weighted by molar-refractivity contribution is 0.851. The summed E-state index contributed by atoms with van der Waals surface area (Å²) in [5, 5.41) is 2.91. The van der Waals surface area contributed by atoms with Gasteiger partial charge in [0.15, 0.2) is 0 Å². The van der Waals surface area contributed by atoms with Crippen LogP contribution in [0.5, 0.6) is 0 Å². The highest BCUT2D eigenvalue weighted by atomic mass is 14.2. The van der Waals surface area contributed by atoms with Gasteiger partial charge in [-0.3, -0.25) is 0 Å². The lowest BCUT2D eigenvalue weighted by atomic mass is 9.83. The third-order valence-corrected chi connectivity index (χ3v) is 3.10. The Labute approximate surface area is 78.2 Å². The second-order valence-electron chi connectivity index (χ2n) is 3.88. The second-order valence-corrected chi connectivity index (χ2v) is 3.88. The van der Waals surface area contributed by atoms with Gasteiger partial charge in [-0.1, -0.05) is 30.3 Å². The lowest BCUT2D eigenvalue weighted by Gasteiger charge is -2.21. The van der Waals surface area contributed by atoms with Crippen LogP contribution in [-0.4, -0.2) is 0 Å². The first-order valence-corrected chi connectivity index (χ1v) is 4.86. The van der Waals surface area contributed by atoms with Crippen molar-refractivity contribution < 1.29 is 0 Å². The molecule has 13 heavy (non-hydrogen) atoms. The monoisotopic (exact) mass is 168 g/mol. The van der Waals surface area contributed by atoms with Crippen molar-refractivity contribution in [2.45, 2.75) is 19.8 Å². The van der Waals surface area contributed by atoms with Crippen molar-refractivity contribution in [3.8, 4) is 0 Å². The Morgan fingerprint density at radius 2 is 1.92 bits per heavy atom. The second kappa shape index (κ2) is 2.35. The summed E-state index contributed by atoms with van der Waals surface area (Å²) < 4.78 is 0. The summed E-state index contributed by atoms with van der Waals surface area (Å²) in [6.07, 6.45) is 2.55. The van der Waals surface area contributed by atoms with Gasteiger partial charge in [-0.25, -0.2) is 0 Å². The molecule has 0 heterocycles. The van der Waals surface area contributed by atoms with Crippen molar-refractivity contribution >= 4 is 10.8 Å². The maximum Gasteiger partial charge on any atom is -0.0120 e. The molecule has 0 N–H and O–H groups in total. The van der Waals surface area contributed by atoms with Crippen molar-refractivity contribution in [3.05, 3.63) is 47.0 Å². The predicted molar refractivity (Wildman–Crippen MR) is 56.1 cm³/mol. The van der Waals surface area contributed by atoms with Gasteiger partial charge in [-0.15, -0.1) is 0 Å². The van der Waals surface area contributed by atoms with Crippen LogP contribution in [0.15, 0.2) is 30.3 Å². The van der Waals surface area contributed by atoms with E-state index in [-0.39, 0.29) is 0 Å². The number of hydrogen-bond donors (Lipinski definition) is 0. The number of aryl methyl sites for hydroxylation is 3. The van der Waals surface area contributed by atoms with E-state index in [1.807, 2.05) is 0 Å². The number of rotatable bonds is 0. The first-order valence-electron chi connectivity index (χ1n) is 4.86. The highest BCUT2D eigenvalue weighted by molar-refractivity contribution is 5.90. The normalized spacial score (nSPS) is 13.9. The summed E-state index contributed by atoms with van der Waals surface area (Å²) in [6, 6.07) is 11.1. The molecule has 0 amide bonds. The third kappa shape index (κ3) is 0.859. The third-order valence-electron chi connectivity index (χ3n) is 3.10. The molecule has 0 saturated carbocycles. The first-order chi connectivity index (χ1) is 6.36. The van der Waals surface area contributed by atoms with Gasteiger partial charge in [-0.05, 0) is 47.2 Å². The zero-order valence-corrected chi connectivity index (χ0v) is 7.80. The molecule has 0 spiro atoms. The van der Waals surface area contributed by atoms with Crippen molar-refractivity contribution in [3.63, 3.8) is 0 Å². The van der Waals surface area contributed by atoms with Gasteiger partial charge in [-0.2, -0.15) is 0 Å². The zero-order chi connectivity index (χ0) is 8.84. The summed E-state index contributed by atoms with van der Waals surface area (Å²) in [5.74, 6) is 0. The molecule has 0 atom stereocenters. The number of fused-ring (bicyclic) bond motifs is 3. The molecule has 2 aromatic carbocycles. The summed E-state index contributed by atoms with van der Waals surface area (Å²) in [7, 11) is 0. The highest BCUT2D eigenvalue weighted by Crippen LogP contribution is 2.32. The molecule has 0 nitrogen and oxygen atoms in total. The standard InChI is InChI=1S/C13H12/c1-9-3-2-4-11-6-5-10-7-8-12(10)13(9)11/h2-6H,7-8H2,1H3. The Kier molecular flexibility index (Phi) is 1.29. The van der Waals surface area contributed by atoms with Gasteiger partial charge in [0.05, 0.1) is 0 Å². The Morgan fingerprint density at radius 1 is 1.00 bits per heavy atom. The predicted octanol–water partition coefficient (Wildman–Crippen LogP) is 3.25. The van der Waals surface area contributed by atoms with Crippen LogP contribution in [0.1, 0.15) is 16.7 Å². The maximum absolute atomic E-state index is 2.28. The smallest absolute Gasteiger partial charge is 0.0120 e. The van der Waals surface area contributed by atoms with E-state index in [0.717, 1.165) is 0 Å². The molecule has 0 fully saturated rings. The van der Waals surface area contributed by atoms with Crippen LogP contribution in [0, 0.1) is 6.92 Å². The highest BCUT2D eigenvalue weighted by Gasteiger charge is 2.16. The van der Waals surface area contributed by atoms with E-state index in [9.17, 15) is 0 Å². The molecule has 0 aromatic heterocycles. The van der Waals surface area contributed by atoms with E-state index in [1.54, 1.807) is 11.1 Å². The SMILES string of the molecule is Cc1cccc2ccc3c(c12)CC3. The molecule has 0 heteroatoms. The lowest BCUT2D eigenvalue weighted by Crippen LogP contribution is -2.08. The van der Waals surface area contributed by atoms with Crippen LogP contribution in [0.3, 0.4) is 0 Å². The summed E-state index contributed by atoms with van der Waals surface area (Å²) in [6.45, 7) is 2.21. The van der Waals surface area contributed by atoms with Crippen molar-refractivity contribution in [2.75, 3.05) is 0 Å². The summed E-state index contributed by atoms with van der Waals surface area (Å²) >= 11 is 0. The van der Waals surface area contributed by atoms with Crippen molar-refractivity contribution in [1.82, 2.24) is 0 Å². The van der Waals surface area contributed by atoms with Crippen LogP contribution in [0.2, 0.25) is 0 Å². The molecule has 0 unspecified atom stereocenters. The van der Waals surface area contributed by atoms with Crippen molar-refractivity contribution in [2.24, 2.45) is 0 Å². The van der Waals surface area contributed by atoms with Gasteiger partial charge in [0.25, 0.3) is 0 Å². The molecule has 64 valence electrons. The van der Waals surface area contributed by atoms with E-state index in [1.165, 1.54) is 29.2 Å². The summed E-state index contributed by atoms with van der Waals surface area (Å²) in [4.78, 5) is 0. The van der Waals surface area contributed by atoms with E-state index >= 15 is 0 Å². The molecule has 1 aliphatic carbocycles. The fraction of sp³-hybridized carbons (Fsp3) is 0.231. The molecule has 0 saturated heterocycles. The Bertz CT molecular complexity index is 481. The van der Waals surface area contributed by atoms with Crippen LogP contribution in [0.25, 0.3) is 10.8 Å². The Morgan fingerprint density at radius 3 is 2.69 bits per heavy atom. The molecule has 3 rings (SSSR count). The van der Waals surface area contributed by atoms with E-state index in [2.05, 4.69) is 37.3 Å². The van der Waals surface area contributed by atoms with Crippen LogP contribution < -0.4 is 0 Å². The largest absolute Gasteiger partial charge is 0.0614 e. The molecular formula is C13H12. The van der Waals surface area contributed by atoms with Gasteiger partial charge in [0.1, 0.15) is 0 Å². The van der Waals surface area contributed by atoms with Gasteiger partial charge in [0, 0.05) is 0 Å². The van der Waals surface area contributed by atoms with Crippen molar-refractivity contribution in [1.29, 1.82) is 0 Å². The molecule has 1 aliphatic rings. The molecule has 0 radical (unpaired) electrons. The minimum absolute atomic E-state index is 1.28. The number of benzene rings is 2. The van der Waals surface area contributed by atoms with Gasteiger partial charge < -0.3 is 0 Å². The minimum atomic E-state index is 1.28. The topological polar surface area (TPSA) is 0 Å². The van der Waals surface area contributed by atoms with Crippen LogP contribution in [0.4, 0.5) is 0 Å². The molecule has 0 aliphatic heterocycles. The quantitative estimate of drug-likeness (QED) is 0.566. The van der Waals surface area contributed by atoms with Crippen LogP contribution >= 0.6 is 0 Å².